The quantitative estimate of drug-likeness (QED) is 0.566. The zero-order chi connectivity index (χ0) is 21.6. The number of aliphatic hydroxyl groups excluding tert-OH is 1. The van der Waals surface area contributed by atoms with Crippen molar-refractivity contribution >= 4 is 17.0 Å². The minimum Gasteiger partial charge on any atom is -0.460 e. The van der Waals surface area contributed by atoms with Crippen LogP contribution in [-0.2, 0) is 11.2 Å². The lowest BCUT2D eigenvalue weighted by molar-refractivity contribution is -0.106. The lowest BCUT2D eigenvalue weighted by Gasteiger charge is -2.32. The first-order valence-corrected chi connectivity index (χ1v) is 10.7. The van der Waals surface area contributed by atoms with Crippen molar-refractivity contribution < 1.29 is 19.7 Å². The Morgan fingerprint density at radius 1 is 1.23 bits per heavy atom. The average molecular weight is 425 g/mol. The first kappa shape index (κ1) is 20.2. The van der Waals surface area contributed by atoms with Gasteiger partial charge < -0.3 is 25.4 Å². The highest BCUT2D eigenvalue weighted by Crippen LogP contribution is 2.42. The van der Waals surface area contributed by atoms with Crippen LogP contribution in [0.1, 0.15) is 44.4 Å². The van der Waals surface area contributed by atoms with E-state index in [1.54, 1.807) is 11.5 Å². The number of nitrogens with zero attached hydrogens (tertiary/aromatic N) is 4. The number of benzene rings is 1. The van der Waals surface area contributed by atoms with Gasteiger partial charge in [0.15, 0.2) is 23.2 Å². The number of hydrogen-bond acceptors (Lipinski definition) is 8. The Labute approximate surface area is 179 Å². The van der Waals surface area contributed by atoms with Crippen LogP contribution in [0.4, 0.5) is 5.82 Å². The maximum Gasteiger partial charge on any atom is 0.320 e. The fourth-order valence-electron chi connectivity index (χ4n) is 4.67. The molecular weight excluding hydrogens is 398 g/mol. The Bertz CT molecular complexity index is 1070. The van der Waals surface area contributed by atoms with Crippen molar-refractivity contribution in [2.24, 2.45) is 0 Å². The number of ether oxygens (including phenoxy) is 2. The average Bonchev–Trinajstić information content (AvgIpc) is 3.46. The highest BCUT2D eigenvalue weighted by Gasteiger charge is 2.55. The molecule has 1 aliphatic heterocycles. The van der Waals surface area contributed by atoms with Crippen molar-refractivity contribution in [1.29, 1.82) is 0 Å². The molecule has 9 nitrogen and oxygen atoms in total. The predicted molar refractivity (Wildman–Crippen MR) is 113 cm³/mol. The van der Waals surface area contributed by atoms with Crippen LogP contribution in [0.15, 0.2) is 36.7 Å². The van der Waals surface area contributed by atoms with E-state index < -0.39 is 24.0 Å². The van der Waals surface area contributed by atoms with Gasteiger partial charge in [0.1, 0.15) is 17.8 Å². The normalized spacial score (nSPS) is 29.1. The Morgan fingerprint density at radius 3 is 2.71 bits per heavy atom. The third-order valence-electron chi connectivity index (χ3n) is 6.31. The molecule has 2 aliphatic rings. The molecule has 164 valence electrons. The number of hydrogen-bond donors (Lipinski definition) is 3. The van der Waals surface area contributed by atoms with Crippen molar-refractivity contribution in [1.82, 2.24) is 19.5 Å². The summed E-state index contributed by atoms with van der Waals surface area (Å²) in [5.74, 6) is 0.204. The van der Waals surface area contributed by atoms with Crippen LogP contribution in [0.3, 0.4) is 0 Å². The molecule has 0 unspecified atom stereocenters. The largest absolute Gasteiger partial charge is 0.460 e. The molecule has 1 saturated carbocycles. The molecule has 0 spiro atoms. The van der Waals surface area contributed by atoms with Gasteiger partial charge in [0.2, 0.25) is 0 Å². The maximum atomic E-state index is 11.6. The van der Waals surface area contributed by atoms with Gasteiger partial charge in [-0.15, -0.1) is 0 Å². The number of fused-ring (bicyclic) bond motifs is 1. The molecule has 0 bridgehead atoms. The Hall–Kier alpha value is -2.75. The van der Waals surface area contributed by atoms with Gasteiger partial charge in [-0.3, -0.25) is 4.57 Å². The van der Waals surface area contributed by atoms with E-state index in [1.165, 1.54) is 6.33 Å². The lowest BCUT2D eigenvalue weighted by Crippen LogP contribution is -2.48. The number of aliphatic hydroxyl groups is 2. The van der Waals surface area contributed by atoms with Crippen LogP contribution in [-0.4, -0.2) is 53.6 Å². The van der Waals surface area contributed by atoms with E-state index in [4.69, 9.17) is 15.2 Å². The number of imidazole rings is 1. The third kappa shape index (κ3) is 3.52. The minimum absolute atomic E-state index is 0.0767. The fourth-order valence-corrected chi connectivity index (χ4v) is 4.67. The van der Waals surface area contributed by atoms with Crippen molar-refractivity contribution in [3.63, 3.8) is 0 Å². The van der Waals surface area contributed by atoms with Crippen LogP contribution >= 0.6 is 0 Å². The molecule has 1 saturated heterocycles. The molecule has 9 heteroatoms. The van der Waals surface area contributed by atoms with Gasteiger partial charge in [0, 0.05) is 6.42 Å². The molecule has 1 aliphatic carbocycles. The second kappa shape index (κ2) is 7.74. The number of aromatic nitrogens is 4. The summed E-state index contributed by atoms with van der Waals surface area (Å²) in [7, 11) is 0. The SMILES string of the molecule is C[C@H]1O[C@@H](n2cnc3c(N)nc(OC4CCCC4)nc32)[C@@](O)(Cc2ccccc2)[C@@H]1O. The smallest absolute Gasteiger partial charge is 0.320 e. The number of rotatable bonds is 5. The van der Waals surface area contributed by atoms with E-state index in [0.717, 1.165) is 31.2 Å². The van der Waals surface area contributed by atoms with E-state index in [1.807, 2.05) is 30.3 Å². The summed E-state index contributed by atoms with van der Waals surface area (Å²) in [6.45, 7) is 1.73. The predicted octanol–water partition coefficient (Wildman–Crippen LogP) is 1.98. The summed E-state index contributed by atoms with van der Waals surface area (Å²) >= 11 is 0. The zero-order valence-corrected chi connectivity index (χ0v) is 17.4. The summed E-state index contributed by atoms with van der Waals surface area (Å²) < 4.78 is 13.6. The first-order valence-electron chi connectivity index (χ1n) is 10.7. The highest BCUT2D eigenvalue weighted by molar-refractivity contribution is 5.82. The van der Waals surface area contributed by atoms with Gasteiger partial charge in [-0.05, 0) is 38.2 Å². The number of nitrogen functional groups attached to an aromatic ring is 1. The summed E-state index contributed by atoms with van der Waals surface area (Å²) in [6, 6.07) is 9.70. The lowest BCUT2D eigenvalue weighted by atomic mass is 9.87. The number of nitrogens with two attached hydrogens (primary N) is 1. The van der Waals surface area contributed by atoms with Crippen LogP contribution < -0.4 is 10.5 Å². The molecule has 0 amide bonds. The molecule has 0 radical (unpaired) electrons. The molecule has 4 N–H and O–H groups in total. The van der Waals surface area contributed by atoms with Crippen LogP contribution in [0.5, 0.6) is 6.01 Å². The van der Waals surface area contributed by atoms with Gasteiger partial charge in [0.05, 0.1) is 12.4 Å². The summed E-state index contributed by atoms with van der Waals surface area (Å²) in [4.78, 5) is 13.1. The van der Waals surface area contributed by atoms with Crippen molar-refractivity contribution in [3.05, 3.63) is 42.2 Å². The van der Waals surface area contributed by atoms with Crippen molar-refractivity contribution in [2.75, 3.05) is 5.73 Å². The molecule has 2 fully saturated rings. The summed E-state index contributed by atoms with van der Waals surface area (Å²) in [5, 5.41) is 22.4. The fraction of sp³-hybridized carbons (Fsp3) is 0.500. The third-order valence-corrected chi connectivity index (χ3v) is 6.31. The molecule has 3 aromatic rings. The van der Waals surface area contributed by atoms with E-state index in [9.17, 15) is 10.2 Å². The van der Waals surface area contributed by atoms with Gasteiger partial charge >= 0.3 is 6.01 Å². The second-order valence-electron chi connectivity index (χ2n) is 8.53. The van der Waals surface area contributed by atoms with E-state index in [-0.39, 0.29) is 24.4 Å². The number of anilines is 1. The minimum atomic E-state index is -1.58. The molecule has 4 atom stereocenters. The van der Waals surface area contributed by atoms with Gasteiger partial charge in [-0.2, -0.15) is 9.97 Å². The van der Waals surface area contributed by atoms with Crippen molar-refractivity contribution in [2.45, 2.75) is 69.2 Å². The molecule has 31 heavy (non-hydrogen) atoms. The Kier molecular flexibility index (Phi) is 5.04. The molecule has 3 heterocycles. The standard InChI is InChI=1S/C22H27N5O4/c1-13-17(28)22(29,11-14-7-3-2-4-8-14)20(30-13)27-12-24-16-18(23)25-21(26-19(16)27)31-15-9-5-6-10-15/h2-4,7-8,12-13,15,17,20,28-29H,5-6,9-11H2,1H3,(H2,23,25,26)/t13-,17-,20-,22-/m1/s1. The molecule has 1 aromatic carbocycles. The zero-order valence-electron chi connectivity index (χ0n) is 17.4. The van der Waals surface area contributed by atoms with Gasteiger partial charge in [-0.1, -0.05) is 30.3 Å². The highest BCUT2D eigenvalue weighted by atomic mass is 16.6. The summed E-state index contributed by atoms with van der Waals surface area (Å²) in [5.41, 5.74) is 6.23. The van der Waals surface area contributed by atoms with E-state index in [0.29, 0.717) is 11.2 Å². The first-order chi connectivity index (χ1) is 15.0. The van der Waals surface area contributed by atoms with Crippen LogP contribution in [0.25, 0.3) is 11.2 Å². The van der Waals surface area contributed by atoms with Gasteiger partial charge in [0.25, 0.3) is 0 Å². The van der Waals surface area contributed by atoms with Crippen LogP contribution in [0, 0.1) is 0 Å². The molecular formula is C22H27N5O4. The van der Waals surface area contributed by atoms with E-state index >= 15 is 0 Å². The maximum absolute atomic E-state index is 11.6. The van der Waals surface area contributed by atoms with Crippen LogP contribution in [0.2, 0.25) is 0 Å². The van der Waals surface area contributed by atoms with E-state index in [2.05, 4.69) is 15.0 Å². The Balaban J connectivity index is 1.54. The van der Waals surface area contributed by atoms with Crippen molar-refractivity contribution in [3.8, 4) is 6.01 Å². The summed E-state index contributed by atoms with van der Waals surface area (Å²) in [6.07, 6.45) is 3.39. The monoisotopic (exact) mass is 425 g/mol. The Morgan fingerprint density at radius 2 is 1.97 bits per heavy atom. The topological polar surface area (TPSA) is 129 Å². The molecule has 2 aromatic heterocycles. The van der Waals surface area contributed by atoms with Gasteiger partial charge in [-0.25, -0.2) is 4.98 Å². The second-order valence-corrected chi connectivity index (χ2v) is 8.53. The molecule has 5 rings (SSSR count).